The summed E-state index contributed by atoms with van der Waals surface area (Å²) in [4.78, 5) is 0. The molecule has 1 aliphatic rings. The van der Waals surface area contributed by atoms with Gasteiger partial charge in [-0.1, -0.05) is 6.92 Å². The highest BCUT2D eigenvalue weighted by atomic mass is 35.5. The maximum Gasteiger partial charge on any atom is 0.168 e. The second-order valence-electron chi connectivity index (χ2n) is 3.81. The van der Waals surface area contributed by atoms with E-state index in [0.717, 1.165) is 24.2 Å². The van der Waals surface area contributed by atoms with Gasteiger partial charge in [0.1, 0.15) is 0 Å². The Morgan fingerprint density at radius 2 is 2.38 bits per heavy atom. The Bertz CT molecular complexity index is 296. The van der Waals surface area contributed by atoms with Gasteiger partial charge in [0.25, 0.3) is 0 Å². The fourth-order valence-electron chi connectivity index (χ4n) is 1.50. The lowest BCUT2D eigenvalue weighted by molar-refractivity contribution is 0.506. The monoisotopic (exact) mass is 200 g/mol. The highest BCUT2D eigenvalue weighted by molar-refractivity contribution is 6.20. The summed E-state index contributed by atoms with van der Waals surface area (Å²) >= 11 is 5.93. The van der Waals surface area contributed by atoms with Gasteiger partial charge >= 0.3 is 0 Å². The van der Waals surface area contributed by atoms with Crippen LogP contribution in [0.1, 0.15) is 31.5 Å². The van der Waals surface area contributed by atoms with Crippen LogP contribution in [0.5, 0.6) is 0 Å². The summed E-state index contributed by atoms with van der Waals surface area (Å²) in [7, 11) is 0. The van der Waals surface area contributed by atoms with E-state index in [-0.39, 0.29) is 5.38 Å². The summed E-state index contributed by atoms with van der Waals surface area (Å²) in [5, 5.41) is 11.3. The van der Waals surface area contributed by atoms with Gasteiger partial charge in [-0.2, -0.15) is 0 Å². The molecule has 0 amide bonds. The van der Waals surface area contributed by atoms with Crippen molar-refractivity contribution in [1.29, 1.82) is 0 Å². The highest BCUT2D eigenvalue weighted by Crippen LogP contribution is 2.39. The molecule has 13 heavy (non-hydrogen) atoms. The second kappa shape index (κ2) is 3.25. The molecule has 1 fully saturated rings. The van der Waals surface area contributed by atoms with Gasteiger partial charge in [-0.15, -0.1) is 16.7 Å². The molecular formula is C8H13ClN4. The largest absolute Gasteiger partial charge is 0.228 e. The summed E-state index contributed by atoms with van der Waals surface area (Å²) in [5.41, 5.74) is 0. The minimum absolute atomic E-state index is 0.107. The van der Waals surface area contributed by atoms with E-state index in [2.05, 4.69) is 22.4 Å². The Morgan fingerprint density at radius 3 is 2.92 bits per heavy atom. The number of nitrogens with zero attached hydrogens (tertiary/aromatic N) is 4. The first kappa shape index (κ1) is 8.94. The molecule has 1 heterocycles. The molecule has 72 valence electrons. The van der Waals surface area contributed by atoms with Gasteiger partial charge in [-0.3, -0.25) is 0 Å². The SMILES string of the molecule is CC(Cl)c1nnnn1CC1CC1C. The molecule has 3 unspecified atom stereocenters. The van der Waals surface area contributed by atoms with Gasteiger partial charge < -0.3 is 0 Å². The fourth-order valence-corrected chi connectivity index (χ4v) is 1.66. The molecule has 1 saturated carbocycles. The van der Waals surface area contributed by atoms with Crippen LogP contribution in [-0.4, -0.2) is 20.2 Å². The molecule has 0 aromatic carbocycles. The number of hydrogen-bond acceptors (Lipinski definition) is 3. The molecule has 0 N–H and O–H groups in total. The summed E-state index contributed by atoms with van der Waals surface area (Å²) in [6.07, 6.45) is 1.29. The minimum atomic E-state index is -0.107. The van der Waals surface area contributed by atoms with E-state index in [4.69, 9.17) is 11.6 Å². The van der Waals surface area contributed by atoms with Crippen LogP contribution in [0.2, 0.25) is 0 Å². The van der Waals surface area contributed by atoms with E-state index in [9.17, 15) is 0 Å². The predicted octanol–water partition coefficient (Wildman–Crippen LogP) is 1.63. The third-order valence-electron chi connectivity index (χ3n) is 2.60. The summed E-state index contributed by atoms with van der Waals surface area (Å²) in [5.74, 6) is 2.35. The number of rotatable bonds is 3. The summed E-state index contributed by atoms with van der Waals surface area (Å²) < 4.78 is 1.83. The van der Waals surface area contributed by atoms with Crippen molar-refractivity contribution in [2.24, 2.45) is 11.8 Å². The van der Waals surface area contributed by atoms with Crippen LogP contribution in [0.4, 0.5) is 0 Å². The molecule has 0 aliphatic heterocycles. The summed E-state index contributed by atoms with van der Waals surface area (Å²) in [6.45, 7) is 5.06. The zero-order valence-corrected chi connectivity index (χ0v) is 8.57. The van der Waals surface area contributed by atoms with Gasteiger partial charge in [-0.25, -0.2) is 4.68 Å². The molecule has 0 radical (unpaired) electrons. The standard InChI is InChI=1S/C8H13ClN4/c1-5-3-7(5)4-13-8(6(2)9)10-11-12-13/h5-7H,3-4H2,1-2H3. The topological polar surface area (TPSA) is 43.6 Å². The molecule has 0 saturated heterocycles. The molecule has 0 bridgehead atoms. The van der Waals surface area contributed by atoms with Crippen LogP contribution in [0.15, 0.2) is 0 Å². The van der Waals surface area contributed by atoms with Gasteiger partial charge in [0.05, 0.1) is 5.38 Å². The normalized spacial score (nSPS) is 28.8. The molecule has 1 aromatic heterocycles. The number of alkyl halides is 1. The highest BCUT2D eigenvalue weighted by Gasteiger charge is 2.33. The number of halogens is 1. The van der Waals surface area contributed by atoms with Crippen molar-refractivity contribution < 1.29 is 0 Å². The van der Waals surface area contributed by atoms with Gasteiger partial charge in [-0.05, 0) is 35.6 Å². The van der Waals surface area contributed by atoms with Gasteiger partial charge in [0.15, 0.2) is 5.82 Å². The minimum Gasteiger partial charge on any atom is -0.228 e. The Labute approximate surface area is 82.3 Å². The third kappa shape index (κ3) is 1.82. The van der Waals surface area contributed by atoms with Crippen LogP contribution in [0.3, 0.4) is 0 Å². The Morgan fingerprint density at radius 1 is 1.69 bits per heavy atom. The third-order valence-corrected chi connectivity index (χ3v) is 2.79. The molecule has 0 spiro atoms. The van der Waals surface area contributed by atoms with E-state index in [1.807, 2.05) is 11.6 Å². The first-order valence-electron chi connectivity index (χ1n) is 4.58. The van der Waals surface area contributed by atoms with Gasteiger partial charge in [0.2, 0.25) is 0 Å². The quantitative estimate of drug-likeness (QED) is 0.697. The average molecular weight is 201 g/mol. The molecule has 2 rings (SSSR count). The van der Waals surface area contributed by atoms with Crippen molar-refractivity contribution in [3.63, 3.8) is 0 Å². The first-order chi connectivity index (χ1) is 6.18. The van der Waals surface area contributed by atoms with Crippen molar-refractivity contribution in [2.45, 2.75) is 32.2 Å². The van der Waals surface area contributed by atoms with Gasteiger partial charge in [0, 0.05) is 6.54 Å². The van der Waals surface area contributed by atoms with Crippen LogP contribution < -0.4 is 0 Å². The van der Waals surface area contributed by atoms with E-state index in [0.29, 0.717) is 0 Å². The van der Waals surface area contributed by atoms with Crippen LogP contribution in [-0.2, 0) is 6.54 Å². The van der Waals surface area contributed by atoms with E-state index >= 15 is 0 Å². The number of aromatic nitrogens is 4. The summed E-state index contributed by atoms with van der Waals surface area (Å²) in [6, 6.07) is 0. The number of tetrazole rings is 1. The Hall–Kier alpha value is -0.640. The van der Waals surface area contributed by atoms with Crippen molar-refractivity contribution >= 4 is 11.6 Å². The molecule has 3 atom stereocenters. The average Bonchev–Trinajstić information content (AvgIpc) is 2.62. The first-order valence-corrected chi connectivity index (χ1v) is 5.02. The number of hydrogen-bond donors (Lipinski definition) is 0. The zero-order valence-electron chi connectivity index (χ0n) is 7.81. The lowest BCUT2D eigenvalue weighted by atomic mass is 10.3. The van der Waals surface area contributed by atoms with Crippen molar-refractivity contribution in [3.8, 4) is 0 Å². The van der Waals surface area contributed by atoms with Crippen molar-refractivity contribution in [1.82, 2.24) is 20.2 Å². The van der Waals surface area contributed by atoms with Crippen LogP contribution in [0.25, 0.3) is 0 Å². The lowest BCUT2D eigenvalue weighted by Crippen LogP contribution is -2.08. The zero-order chi connectivity index (χ0) is 9.42. The molecule has 5 heteroatoms. The maximum atomic E-state index is 5.93. The van der Waals surface area contributed by atoms with Crippen molar-refractivity contribution in [2.75, 3.05) is 0 Å². The Kier molecular flexibility index (Phi) is 2.24. The molecular weight excluding hydrogens is 188 g/mol. The van der Waals surface area contributed by atoms with E-state index in [1.54, 1.807) is 0 Å². The van der Waals surface area contributed by atoms with Crippen molar-refractivity contribution in [3.05, 3.63) is 5.82 Å². The smallest absolute Gasteiger partial charge is 0.168 e. The maximum absolute atomic E-state index is 5.93. The van der Waals surface area contributed by atoms with Crippen LogP contribution >= 0.6 is 11.6 Å². The fraction of sp³-hybridized carbons (Fsp3) is 0.875. The second-order valence-corrected chi connectivity index (χ2v) is 4.46. The van der Waals surface area contributed by atoms with Crippen LogP contribution in [0, 0.1) is 11.8 Å². The van der Waals surface area contributed by atoms with E-state index < -0.39 is 0 Å². The lowest BCUT2D eigenvalue weighted by Gasteiger charge is -2.03. The molecule has 4 nitrogen and oxygen atoms in total. The predicted molar refractivity (Wildman–Crippen MR) is 49.4 cm³/mol. The molecule has 1 aromatic rings. The van der Waals surface area contributed by atoms with E-state index in [1.165, 1.54) is 6.42 Å². The Balaban J connectivity index is 2.06. The molecule has 1 aliphatic carbocycles.